The Morgan fingerprint density at radius 3 is 2.67 bits per heavy atom. The molecule has 1 radical (unpaired) electrons. The number of halogens is 1. The third kappa shape index (κ3) is 1.94. The summed E-state index contributed by atoms with van der Waals surface area (Å²) in [6.45, 7) is 3.52. The van der Waals surface area contributed by atoms with Gasteiger partial charge in [0.2, 0.25) is 0 Å². The molecule has 0 saturated carbocycles. The second kappa shape index (κ2) is 2.65. The van der Waals surface area contributed by atoms with Gasteiger partial charge in [0, 0.05) is 20.1 Å². The summed E-state index contributed by atoms with van der Waals surface area (Å²) in [7, 11) is 3.69. The van der Waals surface area contributed by atoms with Crippen LogP contribution < -0.4 is 0 Å². The van der Waals surface area contributed by atoms with Crippen molar-refractivity contribution in [2.75, 3.05) is 13.1 Å². The summed E-state index contributed by atoms with van der Waals surface area (Å²) in [6.07, 6.45) is 0.0673. The fraction of sp³-hybridized carbons (Fsp3) is 0.857. The number of nitrogens with zero attached hydrogens (tertiary/aromatic N) is 1. The normalized spacial score (nSPS) is 39.0. The van der Waals surface area contributed by atoms with E-state index in [9.17, 15) is 4.39 Å². The van der Waals surface area contributed by atoms with Crippen LogP contribution in [0.25, 0.3) is 0 Å². The van der Waals surface area contributed by atoms with Crippen molar-refractivity contribution in [2.24, 2.45) is 5.92 Å². The van der Waals surface area contributed by atoms with Crippen LogP contribution in [0.1, 0.15) is 13.3 Å². The van der Waals surface area contributed by atoms with Crippen LogP contribution in [-0.4, -0.2) is 24.2 Å². The first kappa shape index (κ1) is 7.00. The molecule has 0 aromatic carbocycles. The standard InChI is InChI=1S/C7H13FN/c1-6-3-7(8)5-9(2)4-6/h6-7H,2-5H2,1H3. The summed E-state index contributed by atoms with van der Waals surface area (Å²) < 4.78 is 12.6. The highest BCUT2D eigenvalue weighted by Crippen LogP contribution is 2.17. The molecule has 1 heterocycles. The molecule has 1 aliphatic heterocycles. The highest BCUT2D eigenvalue weighted by molar-refractivity contribution is 4.75. The van der Waals surface area contributed by atoms with Crippen molar-refractivity contribution in [3.8, 4) is 0 Å². The van der Waals surface area contributed by atoms with Gasteiger partial charge in [-0.2, -0.15) is 0 Å². The highest BCUT2D eigenvalue weighted by atomic mass is 19.1. The van der Waals surface area contributed by atoms with Crippen LogP contribution in [0, 0.1) is 13.0 Å². The minimum Gasteiger partial charge on any atom is -0.299 e. The summed E-state index contributed by atoms with van der Waals surface area (Å²) in [6, 6.07) is 0. The second-order valence-electron chi connectivity index (χ2n) is 2.97. The zero-order valence-corrected chi connectivity index (χ0v) is 5.81. The van der Waals surface area contributed by atoms with E-state index in [2.05, 4.69) is 14.0 Å². The number of rotatable bonds is 0. The van der Waals surface area contributed by atoms with E-state index in [1.165, 1.54) is 0 Å². The minimum absolute atomic E-state index is 0.478. The van der Waals surface area contributed by atoms with E-state index in [4.69, 9.17) is 0 Å². The predicted octanol–water partition coefficient (Wildman–Crippen LogP) is 1.46. The molecule has 0 aromatic rings. The van der Waals surface area contributed by atoms with Gasteiger partial charge >= 0.3 is 0 Å². The van der Waals surface area contributed by atoms with Gasteiger partial charge in [-0.15, -0.1) is 0 Å². The van der Waals surface area contributed by atoms with Crippen molar-refractivity contribution in [1.29, 1.82) is 0 Å². The molecule has 2 unspecified atom stereocenters. The zero-order chi connectivity index (χ0) is 6.85. The lowest BCUT2D eigenvalue weighted by Gasteiger charge is -2.29. The molecule has 0 spiro atoms. The second-order valence-corrected chi connectivity index (χ2v) is 2.97. The number of hydrogen-bond donors (Lipinski definition) is 0. The molecule has 1 saturated heterocycles. The lowest BCUT2D eigenvalue weighted by molar-refractivity contribution is 0.138. The maximum atomic E-state index is 12.6. The van der Waals surface area contributed by atoms with Gasteiger partial charge < -0.3 is 0 Å². The Morgan fingerprint density at radius 2 is 2.22 bits per heavy atom. The molecular weight excluding hydrogens is 117 g/mol. The maximum Gasteiger partial charge on any atom is 0.113 e. The van der Waals surface area contributed by atoms with Crippen molar-refractivity contribution >= 4 is 0 Å². The molecule has 0 bridgehead atoms. The topological polar surface area (TPSA) is 3.24 Å². The predicted molar refractivity (Wildman–Crippen MR) is 35.6 cm³/mol. The average molecular weight is 130 g/mol. The molecule has 0 amide bonds. The molecule has 0 N–H and O–H groups in total. The van der Waals surface area contributed by atoms with Gasteiger partial charge in [0.25, 0.3) is 0 Å². The molecule has 1 aliphatic rings. The molecule has 2 atom stereocenters. The molecule has 2 heteroatoms. The molecule has 53 valence electrons. The summed E-state index contributed by atoms with van der Waals surface area (Å²) in [5.74, 6) is 0.478. The van der Waals surface area contributed by atoms with Crippen LogP contribution in [0.5, 0.6) is 0 Å². The number of alkyl halides is 1. The maximum absolute atomic E-state index is 12.6. The SMILES string of the molecule is [CH2]N1CC(C)CC(F)C1. The van der Waals surface area contributed by atoms with Gasteiger partial charge in [0.15, 0.2) is 0 Å². The number of piperidine rings is 1. The Labute approximate surface area is 55.8 Å². The fourth-order valence-corrected chi connectivity index (χ4v) is 1.38. The van der Waals surface area contributed by atoms with Crippen molar-refractivity contribution in [3.05, 3.63) is 7.05 Å². The third-order valence-corrected chi connectivity index (χ3v) is 1.68. The van der Waals surface area contributed by atoms with E-state index in [-0.39, 0.29) is 0 Å². The van der Waals surface area contributed by atoms with Crippen molar-refractivity contribution in [2.45, 2.75) is 19.5 Å². The third-order valence-electron chi connectivity index (χ3n) is 1.68. The zero-order valence-electron chi connectivity index (χ0n) is 5.81. The first-order valence-electron chi connectivity index (χ1n) is 3.38. The van der Waals surface area contributed by atoms with Crippen molar-refractivity contribution in [3.63, 3.8) is 0 Å². The Hall–Kier alpha value is -0.110. The first-order valence-corrected chi connectivity index (χ1v) is 3.38. The highest BCUT2D eigenvalue weighted by Gasteiger charge is 2.21. The molecular formula is C7H13FN. The molecule has 0 aliphatic carbocycles. The molecule has 1 fully saturated rings. The Morgan fingerprint density at radius 1 is 1.56 bits per heavy atom. The van der Waals surface area contributed by atoms with E-state index < -0.39 is 6.17 Å². The lowest BCUT2D eigenvalue weighted by Crippen LogP contribution is -2.36. The largest absolute Gasteiger partial charge is 0.299 e. The Bertz CT molecular complexity index is 69.9. The number of hydrogen-bond acceptors (Lipinski definition) is 1. The van der Waals surface area contributed by atoms with Gasteiger partial charge in [0.05, 0.1) is 0 Å². The van der Waals surface area contributed by atoms with Gasteiger partial charge in [-0.3, -0.25) is 4.90 Å². The Kier molecular flexibility index (Phi) is 2.06. The van der Waals surface area contributed by atoms with E-state index in [0.29, 0.717) is 18.9 Å². The first-order chi connectivity index (χ1) is 4.18. The van der Waals surface area contributed by atoms with Crippen molar-refractivity contribution < 1.29 is 4.39 Å². The van der Waals surface area contributed by atoms with E-state index >= 15 is 0 Å². The van der Waals surface area contributed by atoms with Crippen LogP contribution >= 0.6 is 0 Å². The molecule has 1 nitrogen and oxygen atoms in total. The smallest absolute Gasteiger partial charge is 0.113 e. The van der Waals surface area contributed by atoms with Gasteiger partial charge in [-0.25, -0.2) is 4.39 Å². The van der Waals surface area contributed by atoms with Crippen LogP contribution in [-0.2, 0) is 0 Å². The van der Waals surface area contributed by atoms with Gasteiger partial charge in [0.1, 0.15) is 6.17 Å². The van der Waals surface area contributed by atoms with Crippen LogP contribution in [0.3, 0.4) is 0 Å². The number of likely N-dealkylation sites (tertiary alicyclic amines) is 1. The minimum atomic E-state index is -0.647. The quantitative estimate of drug-likeness (QED) is 0.480. The molecule has 9 heavy (non-hydrogen) atoms. The van der Waals surface area contributed by atoms with E-state index in [0.717, 1.165) is 6.54 Å². The average Bonchev–Trinajstić information content (AvgIpc) is 1.59. The monoisotopic (exact) mass is 130 g/mol. The summed E-state index contributed by atoms with van der Waals surface area (Å²) in [5.41, 5.74) is 0. The van der Waals surface area contributed by atoms with Crippen LogP contribution in [0.15, 0.2) is 0 Å². The van der Waals surface area contributed by atoms with E-state index in [1.54, 1.807) is 4.90 Å². The summed E-state index contributed by atoms with van der Waals surface area (Å²) in [4.78, 5) is 1.80. The van der Waals surface area contributed by atoms with Crippen LogP contribution in [0.2, 0.25) is 0 Å². The molecule has 0 aromatic heterocycles. The lowest BCUT2D eigenvalue weighted by atomic mass is 10.00. The van der Waals surface area contributed by atoms with Gasteiger partial charge in [-0.1, -0.05) is 6.92 Å². The van der Waals surface area contributed by atoms with E-state index in [1.807, 2.05) is 0 Å². The fourth-order valence-electron chi connectivity index (χ4n) is 1.38. The van der Waals surface area contributed by atoms with Crippen LogP contribution in [0.4, 0.5) is 4.39 Å². The Balaban J connectivity index is 2.34. The van der Waals surface area contributed by atoms with Crippen molar-refractivity contribution in [1.82, 2.24) is 4.90 Å². The van der Waals surface area contributed by atoms with Gasteiger partial charge in [-0.05, 0) is 12.3 Å². The summed E-state index contributed by atoms with van der Waals surface area (Å²) in [5, 5.41) is 0. The summed E-state index contributed by atoms with van der Waals surface area (Å²) >= 11 is 0. The molecule has 1 rings (SSSR count).